The molecule has 4 aromatic rings. The minimum Gasteiger partial charge on any atom is -0.508 e. The third-order valence-corrected chi connectivity index (χ3v) is 8.74. The van der Waals surface area contributed by atoms with Gasteiger partial charge >= 0.3 is 0 Å². The van der Waals surface area contributed by atoms with Crippen molar-refractivity contribution in [3.8, 4) is 28.5 Å². The highest BCUT2D eigenvalue weighted by atomic mass is 19.1. The van der Waals surface area contributed by atoms with E-state index in [1.165, 1.54) is 0 Å². The smallest absolute Gasteiger partial charge is 0.270 e. The molecular weight excluding hydrogens is 613 g/mol. The second kappa shape index (κ2) is 15.4. The quantitative estimate of drug-likeness (QED) is 0.208. The number of rotatable bonds is 9. The summed E-state index contributed by atoms with van der Waals surface area (Å²) in [6.45, 7) is 5.62. The third kappa shape index (κ3) is 8.53. The zero-order chi connectivity index (χ0) is 33.5. The first-order valence-electron chi connectivity index (χ1n) is 16.4. The lowest BCUT2D eigenvalue weighted by atomic mass is 9.91. The molecule has 48 heavy (non-hydrogen) atoms. The van der Waals surface area contributed by atoms with Crippen LogP contribution in [-0.4, -0.2) is 70.2 Å². The van der Waals surface area contributed by atoms with Crippen molar-refractivity contribution < 1.29 is 28.6 Å². The fourth-order valence-electron chi connectivity index (χ4n) is 6.27. The Bertz CT molecular complexity index is 1750. The number of carbonyl (C=O) groups is 2. The van der Waals surface area contributed by atoms with Crippen molar-refractivity contribution in [3.05, 3.63) is 101 Å². The molecule has 1 aliphatic heterocycles. The van der Waals surface area contributed by atoms with E-state index in [4.69, 9.17) is 9.47 Å². The molecular formula is C37H40FN5O5. The number of amides is 2. The van der Waals surface area contributed by atoms with Gasteiger partial charge in [0, 0.05) is 44.0 Å². The number of hydrogen-bond donors (Lipinski definition) is 3. The average Bonchev–Trinajstić information content (AvgIpc) is 3.35. The van der Waals surface area contributed by atoms with Crippen molar-refractivity contribution in [3.63, 3.8) is 0 Å². The van der Waals surface area contributed by atoms with Gasteiger partial charge in [0.1, 0.15) is 28.6 Å². The van der Waals surface area contributed by atoms with Gasteiger partial charge in [0.25, 0.3) is 11.8 Å². The maximum Gasteiger partial charge on any atom is 0.270 e. The van der Waals surface area contributed by atoms with Gasteiger partial charge in [-0.15, -0.1) is 0 Å². The molecule has 11 heteroatoms. The number of ether oxygens (including phenoxy) is 2. The molecule has 2 aromatic carbocycles. The molecule has 0 radical (unpaired) electrons. The van der Waals surface area contributed by atoms with Gasteiger partial charge in [-0.2, -0.15) is 0 Å². The van der Waals surface area contributed by atoms with Crippen LogP contribution in [0.15, 0.2) is 72.9 Å². The van der Waals surface area contributed by atoms with E-state index < -0.39 is 11.7 Å². The Labute approximate surface area is 279 Å². The molecule has 1 aliphatic carbocycles. The molecule has 0 spiro atoms. The van der Waals surface area contributed by atoms with Gasteiger partial charge in [-0.05, 0) is 98.2 Å². The number of phenols is 1. The summed E-state index contributed by atoms with van der Waals surface area (Å²) in [6, 6.07) is 19.0. The van der Waals surface area contributed by atoms with Gasteiger partial charge < -0.3 is 25.2 Å². The van der Waals surface area contributed by atoms with Crippen molar-refractivity contribution >= 4 is 11.8 Å². The SMILES string of the molecule is Cc1cccc(C(=O)N[C@H]2CC[C@H](NC(=O)c3cc(F)cnc3Oc3cccc(-c4ccc(O)cc4CN4CCCOCC4)c3)CC2)n1. The second-order valence-corrected chi connectivity index (χ2v) is 12.4. The van der Waals surface area contributed by atoms with Crippen molar-refractivity contribution in [2.45, 2.75) is 57.7 Å². The minimum absolute atomic E-state index is 0.00458. The summed E-state index contributed by atoms with van der Waals surface area (Å²) < 4.78 is 26.1. The standard InChI is InChI=1S/C37H40FN5O5/c1-24-5-2-8-34(40-24)36(46)42-29-11-9-28(10-12-29)41-35(45)33-21-27(38)22-39-37(33)48-31-7-3-6-25(20-31)32-14-13-30(44)19-26(32)23-43-15-4-17-47-18-16-43/h2-3,5-8,13-14,19-22,28-29,44H,4,9-12,15-18,23H2,1H3,(H,41,45)(H,42,46)/t28-,29-. The molecule has 3 heterocycles. The Morgan fingerprint density at radius 1 is 0.958 bits per heavy atom. The molecule has 250 valence electrons. The predicted octanol–water partition coefficient (Wildman–Crippen LogP) is 5.78. The van der Waals surface area contributed by atoms with Gasteiger partial charge in [-0.25, -0.2) is 14.4 Å². The van der Waals surface area contributed by atoms with E-state index in [1.54, 1.807) is 30.3 Å². The third-order valence-electron chi connectivity index (χ3n) is 8.74. The van der Waals surface area contributed by atoms with Crippen LogP contribution in [0.1, 0.15) is 64.2 Å². The lowest BCUT2D eigenvalue weighted by Gasteiger charge is -2.29. The number of aryl methyl sites for hydroxylation is 1. The van der Waals surface area contributed by atoms with Crippen LogP contribution in [0.25, 0.3) is 11.1 Å². The number of pyridine rings is 2. The van der Waals surface area contributed by atoms with Crippen LogP contribution in [0, 0.1) is 12.7 Å². The topological polar surface area (TPSA) is 126 Å². The Kier molecular flexibility index (Phi) is 10.6. The fourth-order valence-corrected chi connectivity index (χ4v) is 6.27. The second-order valence-electron chi connectivity index (χ2n) is 12.4. The molecule has 2 amide bonds. The highest BCUT2D eigenvalue weighted by Crippen LogP contribution is 2.33. The Morgan fingerprint density at radius 2 is 1.73 bits per heavy atom. The zero-order valence-corrected chi connectivity index (χ0v) is 27.0. The van der Waals surface area contributed by atoms with Crippen molar-refractivity contribution in [1.29, 1.82) is 0 Å². The van der Waals surface area contributed by atoms with E-state index in [1.807, 2.05) is 37.3 Å². The summed E-state index contributed by atoms with van der Waals surface area (Å²) in [4.78, 5) is 36.8. The highest BCUT2D eigenvalue weighted by Gasteiger charge is 2.26. The summed E-state index contributed by atoms with van der Waals surface area (Å²) in [7, 11) is 0. The summed E-state index contributed by atoms with van der Waals surface area (Å²) in [5.74, 6) is -0.722. The number of hydrogen-bond acceptors (Lipinski definition) is 8. The molecule has 1 saturated carbocycles. The van der Waals surface area contributed by atoms with Crippen molar-refractivity contribution in [2.24, 2.45) is 0 Å². The highest BCUT2D eigenvalue weighted by molar-refractivity contribution is 5.96. The largest absolute Gasteiger partial charge is 0.508 e. The van der Waals surface area contributed by atoms with Gasteiger partial charge in [-0.3, -0.25) is 14.5 Å². The van der Waals surface area contributed by atoms with Crippen LogP contribution in [0.2, 0.25) is 0 Å². The van der Waals surface area contributed by atoms with Crippen LogP contribution in [0.5, 0.6) is 17.4 Å². The lowest BCUT2D eigenvalue weighted by molar-refractivity contribution is 0.0887. The molecule has 0 bridgehead atoms. The van der Waals surface area contributed by atoms with Crippen molar-refractivity contribution in [1.82, 2.24) is 25.5 Å². The van der Waals surface area contributed by atoms with E-state index in [-0.39, 0.29) is 35.2 Å². The molecule has 10 nitrogen and oxygen atoms in total. The van der Waals surface area contributed by atoms with Gasteiger partial charge in [0.05, 0.1) is 12.8 Å². The lowest BCUT2D eigenvalue weighted by Crippen LogP contribution is -2.44. The number of benzene rings is 2. The van der Waals surface area contributed by atoms with E-state index in [9.17, 15) is 19.1 Å². The summed E-state index contributed by atoms with van der Waals surface area (Å²) in [6.07, 6.45) is 4.65. The first kappa shape index (κ1) is 33.0. The molecule has 2 aliphatic rings. The number of nitrogens with zero attached hydrogens (tertiary/aromatic N) is 3. The van der Waals surface area contributed by atoms with E-state index in [2.05, 4.69) is 25.5 Å². The molecule has 2 aromatic heterocycles. The Morgan fingerprint density at radius 3 is 2.52 bits per heavy atom. The minimum atomic E-state index is -0.648. The molecule has 0 unspecified atom stereocenters. The first-order valence-corrected chi connectivity index (χ1v) is 16.4. The summed E-state index contributed by atoms with van der Waals surface area (Å²) >= 11 is 0. The maximum absolute atomic E-state index is 14.4. The van der Waals surface area contributed by atoms with Gasteiger partial charge in [0.2, 0.25) is 5.88 Å². The average molecular weight is 654 g/mol. The number of aromatic nitrogens is 2. The zero-order valence-electron chi connectivity index (χ0n) is 27.0. The monoisotopic (exact) mass is 653 g/mol. The maximum atomic E-state index is 14.4. The van der Waals surface area contributed by atoms with Crippen LogP contribution in [0.3, 0.4) is 0 Å². The van der Waals surface area contributed by atoms with Gasteiger partial charge in [-0.1, -0.05) is 24.3 Å². The number of aromatic hydroxyl groups is 1. The number of halogens is 1. The van der Waals surface area contributed by atoms with E-state index in [0.717, 1.165) is 60.8 Å². The van der Waals surface area contributed by atoms with E-state index >= 15 is 0 Å². The number of carbonyl (C=O) groups excluding carboxylic acids is 2. The van der Waals surface area contributed by atoms with Crippen LogP contribution in [-0.2, 0) is 11.3 Å². The van der Waals surface area contributed by atoms with Crippen LogP contribution >= 0.6 is 0 Å². The van der Waals surface area contributed by atoms with Crippen LogP contribution < -0.4 is 15.4 Å². The number of nitrogens with one attached hydrogen (secondary N) is 2. The van der Waals surface area contributed by atoms with Gasteiger partial charge in [0.15, 0.2) is 0 Å². The molecule has 1 saturated heterocycles. The molecule has 0 atom stereocenters. The Hall–Kier alpha value is -4.87. The van der Waals surface area contributed by atoms with Crippen molar-refractivity contribution in [2.75, 3.05) is 26.3 Å². The fraction of sp³-hybridized carbons (Fsp3) is 0.351. The Balaban J connectivity index is 1.11. The molecule has 3 N–H and O–H groups in total. The van der Waals surface area contributed by atoms with Crippen LogP contribution in [0.4, 0.5) is 4.39 Å². The number of phenolic OH excluding ortho intramolecular Hbond substituents is 1. The van der Waals surface area contributed by atoms with E-state index in [0.29, 0.717) is 50.3 Å². The molecule has 6 rings (SSSR count). The summed E-state index contributed by atoms with van der Waals surface area (Å²) in [5, 5.41) is 16.3. The normalized spacial score (nSPS) is 18.5. The first-order chi connectivity index (χ1) is 23.3. The summed E-state index contributed by atoms with van der Waals surface area (Å²) in [5.41, 5.74) is 3.93. The molecule has 2 fully saturated rings. The predicted molar refractivity (Wildman–Crippen MR) is 178 cm³/mol.